The van der Waals surface area contributed by atoms with Crippen LogP contribution in [0.4, 0.5) is 5.69 Å². The molecule has 0 radical (unpaired) electrons. The van der Waals surface area contributed by atoms with Crippen LogP contribution in [0.2, 0.25) is 0 Å². The number of hydrogen-bond acceptors (Lipinski definition) is 4. The van der Waals surface area contributed by atoms with Crippen LogP contribution in [0.1, 0.15) is 43.3 Å². The van der Waals surface area contributed by atoms with E-state index in [9.17, 15) is 19.3 Å². The lowest BCUT2D eigenvalue weighted by atomic mass is 9.90. The summed E-state index contributed by atoms with van der Waals surface area (Å²) in [5, 5.41) is 12.7. The van der Waals surface area contributed by atoms with Crippen molar-refractivity contribution in [2.24, 2.45) is 5.92 Å². The number of fused-ring (bicyclic) bond motifs is 1. The maximum atomic E-state index is 14.3. The number of hydrogen-bond donors (Lipinski definition) is 3. The number of carboxylic acid groups (broad SMARTS) is 1. The predicted octanol–water partition coefficient (Wildman–Crippen LogP) is 4.40. The van der Waals surface area contributed by atoms with Crippen molar-refractivity contribution in [3.8, 4) is 0 Å². The normalized spacial score (nSPS) is 18.7. The first-order valence-electron chi connectivity index (χ1n) is 10.4. The average Bonchev–Trinajstić information content (AvgIpc) is 3.17. The summed E-state index contributed by atoms with van der Waals surface area (Å²) in [5.74, 6) is -2.03. The predicted molar refractivity (Wildman–Crippen MR) is 126 cm³/mol. The Morgan fingerprint density at radius 3 is 2.53 bits per heavy atom. The third-order valence-corrected chi connectivity index (χ3v) is 8.42. The molecular formula is C23H30N3O5P. The molecule has 32 heavy (non-hydrogen) atoms. The molecule has 0 saturated heterocycles. The van der Waals surface area contributed by atoms with Crippen molar-refractivity contribution in [1.82, 2.24) is 10.1 Å². The highest BCUT2D eigenvalue weighted by Gasteiger charge is 2.50. The number of nitrogens with zero attached hydrogens (tertiary/aromatic N) is 1. The van der Waals surface area contributed by atoms with Crippen LogP contribution < -0.4 is 9.76 Å². The Hall–Kier alpha value is -2.67. The highest BCUT2D eigenvalue weighted by Crippen LogP contribution is 2.56. The van der Waals surface area contributed by atoms with E-state index in [1.807, 2.05) is 19.9 Å². The molecule has 0 bridgehead atoms. The van der Waals surface area contributed by atoms with Gasteiger partial charge in [0.25, 0.3) is 13.4 Å². The number of rotatable bonds is 8. The maximum Gasteiger partial charge on any atom is 0.324 e. The molecule has 1 aliphatic rings. The van der Waals surface area contributed by atoms with Crippen LogP contribution in [0.15, 0.2) is 30.3 Å². The van der Waals surface area contributed by atoms with E-state index in [-0.39, 0.29) is 6.35 Å². The Morgan fingerprint density at radius 2 is 2.00 bits per heavy atom. The molecule has 172 valence electrons. The summed E-state index contributed by atoms with van der Waals surface area (Å²) in [4.78, 5) is 29.0. The molecule has 2 aromatic rings. The number of methoxy groups -OCH3 is 1. The zero-order valence-electron chi connectivity index (χ0n) is 19.2. The van der Waals surface area contributed by atoms with Gasteiger partial charge in [-0.3, -0.25) is 14.2 Å². The summed E-state index contributed by atoms with van der Waals surface area (Å²) < 4.78 is 20.7. The first-order chi connectivity index (χ1) is 14.9. The van der Waals surface area contributed by atoms with Crippen LogP contribution in [-0.4, -0.2) is 41.0 Å². The Kier molecular flexibility index (Phi) is 6.52. The number of nitrogens with one attached hydrogen (secondary N) is 2. The monoisotopic (exact) mass is 459 g/mol. The number of ether oxygens (including phenoxy) is 1. The zero-order chi connectivity index (χ0) is 23.8. The van der Waals surface area contributed by atoms with Crippen molar-refractivity contribution in [2.75, 3.05) is 18.1 Å². The van der Waals surface area contributed by atoms with E-state index < -0.39 is 30.8 Å². The van der Waals surface area contributed by atoms with Gasteiger partial charge in [-0.2, -0.15) is 0 Å². The second kappa shape index (κ2) is 8.70. The second-order valence-electron chi connectivity index (χ2n) is 8.63. The fourth-order valence-electron chi connectivity index (χ4n) is 3.83. The van der Waals surface area contributed by atoms with Crippen LogP contribution in [0, 0.1) is 19.8 Å². The quantitative estimate of drug-likeness (QED) is 0.398. The van der Waals surface area contributed by atoms with Gasteiger partial charge < -0.3 is 14.8 Å². The standard InChI is InChI=1S/C23H30N3O5P/c1-14(2)23(5,22(28)29)25-32(30,13-31-6)26-20-10-8-7-9-17(20)18(21(26)27)12-19-15(3)11-16(4)24-19/h7-12,14,24H,13H2,1-6H3,(H,25,30)(H,28,29)/b18-12-. The molecule has 1 amide bonds. The van der Waals surface area contributed by atoms with Crippen LogP contribution in [0.25, 0.3) is 11.6 Å². The van der Waals surface area contributed by atoms with Gasteiger partial charge in [0.2, 0.25) is 0 Å². The third kappa shape index (κ3) is 4.06. The molecule has 2 unspecified atom stereocenters. The lowest BCUT2D eigenvalue weighted by Gasteiger charge is -2.37. The van der Waals surface area contributed by atoms with Crippen molar-refractivity contribution >= 4 is 36.7 Å². The molecular weight excluding hydrogens is 429 g/mol. The number of benzene rings is 1. The van der Waals surface area contributed by atoms with Gasteiger partial charge in [0.15, 0.2) is 0 Å². The number of amides is 1. The molecule has 0 fully saturated rings. The van der Waals surface area contributed by atoms with Crippen molar-refractivity contribution in [2.45, 2.75) is 40.2 Å². The van der Waals surface area contributed by atoms with Crippen molar-refractivity contribution < 1.29 is 24.0 Å². The van der Waals surface area contributed by atoms with Gasteiger partial charge in [0, 0.05) is 24.1 Å². The van der Waals surface area contributed by atoms with E-state index in [4.69, 9.17) is 4.74 Å². The van der Waals surface area contributed by atoms with Gasteiger partial charge >= 0.3 is 5.97 Å². The third-order valence-electron chi connectivity index (χ3n) is 5.96. The summed E-state index contributed by atoms with van der Waals surface area (Å²) in [6.07, 6.45) is 1.41. The van der Waals surface area contributed by atoms with Gasteiger partial charge in [0.1, 0.15) is 11.9 Å². The molecule has 3 N–H and O–H groups in total. The topological polar surface area (TPSA) is 112 Å². The highest BCUT2D eigenvalue weighted by atomic mass is 31.2. The van der Waals surface area contributed by atoms with Crippen LogP contribution in [0.5, 0.6) is 0 Å². The lowest BCUT2D eigenvalue weighted by Crippen LogP contribution is -2.54. The van der Waals surface area contributed by atoms with Gasteiger partial charge in [0.05, 0.1) is 11.3 Å². The molecule has 8 nitrogen and oxygen atoms in total. The molecule has 0 aliphatic carbocycles. The van der Waals surface area contributed by atoms with E-state index >= 15 is 0 Å². The average molecular weight is 459 g/mol. The minimum atomic E-state index is -3.85. The number of aryl methyl sites for hydroxylation is 2. The number of carbonyl (C=O) groups excluding carboxylic acids is 1. The molecule has 3 rings (SSSR count). The van der Waals surface area contributed by atoms with Crippen LogP contribution >= 0.6 is 7.44 Å². The first kappa shape index (κ1) is 24.0. The Morgan fingerprint density at radius 1 is 1.34 bits per heavy atom. The minimum absolute atomic E-state index is 0.337. The number of aromatic amines is 1. The van der Waals surface area contributed by atoms with Gasteiger partial charge in [-0.05, 0) is 50.5 Å². The van der Waals surface area contributed by atoms with Crippen molar-refractivity contribution in [3.63, 3.8) is 0 Å². The fraction of sp³-hybridized carbons (Fsp3) is 0.391. The van der Waals surface area contributed by atoms with Crippen molar-refractivity contribution in [3.05, 3.63) is 52.8 Å². The Balaban J connectivity index is 2.17. The summed E-state index contributed by atoms with van der Waals surface area (Å²) in [5.41, 5.74) is 2.65. The van der Waals surface area contributed by atoms with Crippen LogP contribution in [0.3, 0.4) is 0 Å². The number of carboxylic acids is 1. The van der Waals surface area contributed by atoms with E-state index in [0.29, 0.717) is 16.8 Å². The molecule has 2 heterocycles. The largest absolute Gasteiger partial charge is 0.480 e. The van der Waals surface area contributed by atoms with E-state index in [0.717, 1.165) is 17.0 Å². The van der Waals surface area contributed by atoms with E-state index in [1.54, 1.807) is 44.2 Å². The minimum Gasteiger partial charge on any atom is -0.480 e. The van der Waals surface area contributed by atoms with Gasteiger partial charge in [-0.25, -0.2) is 9.76 Å². The highest BCUT2D eigenvalue weighted by molar-refractivity contribution is 7.64. The van der Waals surface area contributed by atoms with E-state index in [1.165, 1.54) is 18.7 Å². The van der Waals surface area contributed by atoms with Gasteiger partial charge in [-0.15, -0.1) is 0 Å². The number of aliphatic carboxylic acids is 1. The van der Waals surface area contributed by atoms with E-state index in [2.05, 4.69) is 10.1 Å². The Labute approximate surface area is 188 Å². The molecule has 1 aromatic carbocycles. The smallest absolute Gasteiger partial charge is 0.324 e. The zero-order valence-corrected chi connectivity index (χ0v) is 20.1. The van der Waals surface area contributed by atoms with Gasteiger partial charge in [-0.1, -0.05) is 32.0 Å². The number of carbonyl (C=O) groups is 2. The molecule has 0 saturated carbocycles. The van der Waals surface area contributed by atoms with Crippen molar-refractivity contribution in [1.29, 1.82) is 0 Å². The molecule has 1 aromatic heterocycles. The first-order valence-corrected chi connectivity index (χ1v) is 12.2. The van der Waals surface area contributed by atoms with Crippen LogP contribution in [-0.2, 0) is 18.9 Å². The molecule has 1 aliphatic heterocycles. The summed E-state index contributed by atoms with van der Waals surface area (Å²) in [6, 6.07) is 9.04. The summed E-state index contributed by atoms with van der Waals surface area (Å²) in [6.45, 7) is 8.79. The molecule has 0 spiro atoms. The number of anilines is 1. The summed E-state index contributed by atoms with van der Waals surface area (Å²) in [7, 11) is -2.48. The summed E-state index contributed by atoms with van der Waals surface area (Å²) >= 11 is 0. The molecule has 9 heteroatoms. The fourth-order valence-corrected chi connectivity index (χ4v) is 6.46. The Bertz CT molecular complexity index is 1140. The lowest BCUT2D eigenvalue weighted by molar-refractivity contribution is -0.145. The second-order valence-corrected chi connectivity index (χ2v) is 10.9. The SMILES string of the molecule is COCP(=O)(NC(C)(C(=O)O)C(C)C)N1C(=O)/C(=C\c2[nH]c(C)cc2C)c2ccccc21. The maximum absolute atomic E-state index is 14.3. The number of H-pyrrole nitrogens is 1. The molecule has 2 atom stereocenters. The number of para-hydroxylation sites is 1. The number of aromatic nitrogens is 1.